The number of methoxy groups -OCH3 is 1. The molecular formula is C25H22N2O4S. The molecule has 7 heteroatoms. The Bertz CT molecular complexity index is 1370. The first kappa shape index (κ1) is 21.5. The van der Waals surface area contributed by atoms with E-state index in [1.165, 1.54) is 25.3 Å². The number of nitrogens with one attached hydrogen (secondary N) is 1. The van der Waals surface area contributed by atoms with Gasteiger partial charge in [-0.15, -0.1) is 0 Å². The Morgan fingerprint density at radius 1 is 0.875 bits per heavy atom. The van der Waals surface area contributed by atoms with Crippen molar-refractivity contribution in [1.29, 1.82) is 0 Å². The summed E-state index contributed by atoms with van der Waals surface area (Å²) in [6.45, 7) is 4.00. The van der Waals surface area contributed by atoms with Gasteiger partial charge in [0.2, 0.25) is 5.78 Å². The van der Waals surface area contributed by atoms with E-state index in [2.05, 4.69) is 9.71 Å². The molecule has 3 aromatic rings. The summed E-state index contributed by atoms with van der Waals surface area (Å²) in [5.41, 5.74) is 4.28. The van der Waals surface area contributed by atoms with Crippen LogP contribution in [0.15, 0.2) is 87.8 Å². The smallest absolute Gasteiger partial charge is 0.282 e. The van der Waals surface area contributed by atoms with Gasteiger partial charge in [0.1, 0.15) is 5.75 Å². The molecule has 1 aliphatic carbocycles. The summed E-state index contributed by atoms with van der Waals surface area (Å²) in [6.07, 6.45) is 1.49. The Morgan fingerprint density at radius 2 is 1.56 bits per heavy atom. The number of rotatable bonds is 5. The van der Waals surface area contributed by atoms with Crippen LogP contribution in [0.2, 0.25) is 0 Å². The van der Waals surface area contributed by atoms with Crippen molar-refractivity contribution >= 4 is 27.2 Å². The van der Waals surface area contributed by atoms with E-state index in [1.807, 2.05) is 32.0 Å². The Kier molecular flexibility index (Phi) is 5.67. The molecule has 0 aromatic heterocycles. The normalized spacial score (nSPS) is 14.7. The molecular weight excluding hydrogens is 424 g/mol. The Balaban J connectivity index is 1.79. The zero-order valence-corrected chi connectivity index (χ0v) is 18.7. The van der Waals surface area contributed by atoms with E-state index in [0.717, 1.165) is 16.8 Å². The molecule has 0 fully saturated rings. The lowest BCUT2D eigenvalue weighted by atomic mass is 9.92. The van der Waals surface area contributed by atoms with Crippen LogP contribution in [0, 0.1) is 13.8 Å². The van der Waals surface area contributed by atoms with Crippen LogP contribution in [0.25, 0.3) is 0 Å². The summed E-state index contributed by atoms with van der Waals surface area (Å²) in [4.78, 5) is 13.1. The molecule has 0 atom stereocenters. The molecule has 0 amide bonds. The first-order valence-corrected chi connectivity index (χ1v) is 11.4. The van der Waals surface area contributed by atoms with Crippen LogP contribution in [-0.2, 0) is 10.0 Å². The SMILES string of the molecule is COc1ccc(S(=O)(=O)/N=C2\C=C(Nc3ccc(C)c(C)c3)C(=O)c3ccccc32)cc1. The molecule has 0 spiro atoms. The second-order valence-electron chi connectivity index (χ2n) is 7.48. The van der Waals surface area contributed by atoms with Crippen LogP contribution >= 0.6 is 0 Å². The van der Waals surface area contributed by atoms with Crippen LogP contribution in [0.5, 0.6) is 5.75 Å². The molecule has 32 heavy (non-hydrogen) atoms. The molecule has 0 bridgehead atoms. The fraction of sp³-hybridized carbons (Fsp3) is 0.120. The number of benzene rings is 3. The van der Waals surface area contributed by atoms with Gasteiger partial charge in [0.05, 0.1) is 23.4 Å². The fourth-order valence-corrected chi connectivity index (χ4v) is 4.40. The van der Waals surface area contributed by atoms with Crippen molar-refractivity contribution in [2.75, 3.05) is 12.4 Å². The number of anilines is 1. The minimum absolute atomic E-state index is 0.0391. The highest BCUT2D eigenvalue weighted by atomic mass is 32.2. The van der Waals surface area contributed by atoms with Gasteiger partial charge in [-0.25, -0.2) is 0 Å². The summed E-state index contributed by atoms with van der Waals surface area (Å²) < 4.78 is 35.1. The minimum atomic E-state index is -4.00. The fourth-order valence-electron chi connectivity index (χ4n) is 3.40. The number of sulfonamides is 1. The maximum atomic E-state index is 13.1. The number of carbonyl (C=O) groups excluding carboxylic acids is 1. The molecule has 4 rings (SSSR count). The number of hydrogen-bond acceptors (Lipinski definition) is 5. The van der Waals surface area contributed by atoms with Crippen molar-refractivity contribution in [3.8, 4) is 5.75 Å². The van der Waals surface area contributed by atoms with Crippen LogP contribution in [0.4, 0.5) is 5.69 Å². The average molecular weight is 447 g/mol. The highest BCUT2D eigenvalue weighted by molar-refractivity contribution is 7.90. The lowest BCUT2D eigenvalue weighted by molar-refractivity contribution is 0.103. The van der Waals surface area contributed by atoms with E-state index >= 15 is 0 Å². The Morgan fingerprint density at radius 3 is 2.22 bits per heavy atom. The number of hydrogen-bond donors (Lipinski definition) is 1. The van der Waals surface area contributed by atoms with E-state index in [-0.39, 0.29) is 22.1 Å². The van der Waals surface area contributed by atoms with Crippen LogP contribution < -0.4 is 10.1 Å². The maximum absolute atomic E-state index is 13.1. The van der Waals surface area contributed by atoms with Crippen molar-refractivity contribution in [1.82, 2.24) is 0 Å². The van der Waals surface area contributed by atoms with Gasteiger partial charge in [0.15, 0.2) is 0 Å². The van der Waals surface area contributed by atoms with Crippen molar-refractivity contribution in [2.45, 2.75) is 18.7 Å². The molecule has 0 radical (unpaired) electrons. The second-order valence-corrected chi connectivity index (χ2v) is 9.09. The largest absolute Gasteiger partial charge is 0.497 e. The molecule has 3 aromatic carbocycles. The lowest BCUT2D eigenvalue weighted by Crippen LogP contribution is -2.22. The molecule has 0 saturated heterocycles. The summed E-state index contributed by atoms with van der Waals surface area (Å²) in [7, 11) is -2.50. The number of ketones is 1. The van der Waals surface area contributed by atoms with E-state index < -0.39 is 10.0 Å². The minimum Gasteiger partial charge on any atom is -0.497 e. The van der Waals surface area contributed by atoms with E-state index in [4.69, 9.17) is 4.74 Å². The molecule has 0 aliphatic heterocycles. The van der Waals surface area contributed by atoms with Crippen molar-refractivity contribution in [3.05, 3.63) is 101 Å². The predicted octanol–water partition coefficient (Wildman–Crippen LogP) is 4.68. The standard InChI is InChI=1S/C25H22N2O4S/c1-16-8-9-18(14-17(16)2)26-24-15-23(21-6-4-5-7-22(21)25(24)28)27-32(29,30)20-12-10-19(31-3)11-13-20/h4-15,26H,1-3H3/b27-23+. The summed E-state index contributed by atoms with van der Waals surface area (Å²) >= 11 is 0. The predicted molar refractivity (Wildman–Crippen MR) is 125 cm³/mol. The van der Waals surface area contributed by atoms with Gasteiger partial charge in [0.25, 0.3) is 10.0 Å². The summed E-state index contributed by atoms with van der Waals surface area (Å²) in [5, 5.41) is 3.13. The number of Topliss-reactive ketones (excluding diaryl/α,β-unsaturated/α-hetero) is 1. The number of carbonyl (C=O) groups is 1. The summed E-state index contributed by atoms with van der Waals surface area (Å²) in [5.74, 6) is 0.324. The third kappa shape index (κ3) is 4.20. The molecule has 0 saturated carbocycles. The third-order valence-electron chi connectivity index (χ3n) is 5.34. The molecule has 1 N–H and O–H groups in total. The van der Waals surface area contributed by atoms with Crippen molar-refractivity contribution < 1.29 is 17.9 Å². The maximum Gasteiger partial charge on any atom is 0.282 e. The van der Waals surface area contributed by atoms with Gasteiger partial charge >= 0.3 is 0 Å². The lowest BCUT2D eigenvalue weighted by Gasteiger charge is -2.19. The van der Waals surface area contributed by atoms with Gasteiger partial charge < -0.3 is 10.1 Å². The highest BCUT2D eigenvalue weighted by Gasteiger charge is 2.26. The Hall–Kier alpha value is -3.71. The molecule has 162 valence electrons. The summed E-state index contributed by atoms with van der Waals surface area (Å²) in [6, 6.07) is 18.6. The van der Waals surface area contributed by atoms with Crippen molar-refractivity contribution in [2.24, 2.45) is 4.40 Å². The van der Waals surface area contributed by atoms with Crippen molar-refractivity contribution in [3.63, 3.8) is 0 Å². The number of fused-ring (bicyclic) bond motifs is 1. The second kappa shape index (κ2) is 8.43. The van der Waals surface area contributed by atoms with Gasteiger partial charge in [-0.1, -0.05) is 30.3 Å². The highest BCUT2D eigenvalue weighted by Crippen LogP contribution is 2.26. The zero-order valence-electron chi connectivity index (χ0n) is 17.9. The van der Waals surface area contributed by atoms with Crippen LogP contribution in [-0.4, -0.2) is 27.0 Å². The number of allylic oxidation sites excluding steroid dienone is 2. The van der Waals surface area contributed by atoms with Crippen LogP contribution in [0.1, 0.15) is 27.0 Å². The molecule has 0 heterocycles. The zero-order chi connectivity index (χ0) is 22.9. The van der Waals surface area contributed by atoms with Gasteiger partial charge in [-0.05, 0) is 67.4 Å². The number of aryl methyl sites for hydroxylation is 2. The monoisotopic (exact) mass is 446 g/mol. The number of ether oxygens (including phenoxy) is 1. The number of nitrogens with zero attached hydrogens (tertiary/aromatic N) is 1. The molecule has 0 unspecified atom stereocenters. The van der Waals surface area contributed by atoms with E-state index in [9.17, 15) is 13.2 Å². The van der Waals surface area contributed by atoms with Gasteiger partial charge in [-0.2, -0.15) is 12.8 Å². The first-order chi connectivity index (χ1) is 15.3. The molecule has 1 aliphatic rings. The topological polar surface area (TPSA) is 84.8 Å². The van der Waals surface area contributed by atoms with Crippen LogP contribution in [0.3, 0.4) is 0 Å². The van der Waals surface area contributed by atoms with E-state index in [1.54, 1.807) is 36.4 Å². The van der Waals surface area contributed by atoms with E-state index in [0.29, 0.717) is 16.9 Å². The molecule has 6 nitrogen and oxygen atoms in total. The third-order valence-corrected chi connectivity index (χ3v) is 6.64. The Labute approximate surface area is 187 Å². The average Bonchev–Trinajstić information content (AvgIpc) is 2.79. The van der Waals surface area contributed by atoms with Gasteiger partial charge in [0, 0.05) is 16.8 Å². The first-order valence-electron chi connectivity index (χ1n) is 9.97. The van der Waals surface area contributed by atoms with Gasteiger partial charge in [-0.3, -0.25) is 4.79 Å². The quantitative estimate of drug-likeness (QED) is 0.615.